The smallest absolute Gasteiger partial charge is 0.239 e. The van der Waals surface area contributed by atoms with Gasteiger partial charge in [0.15, 0.2) is 5.96 Å². The largest absolute Gasteiger partial charge is 0.355 e. The second-order valence-electron chi connectivity index (χ2n) is 6.81. The Morgan fingerprint density at radius 1 is 1.07 bits per heavy atom. The van der Waals surface area contributed by atoms with Crippen molar-refractivity contribution in [2.75, 3.05) is 26.7 Å². The minimum atomic E-state index is -0.359. The van der Waals surface area contributed by atoms with Crippen LogP contribution in [-0.4, -0.2) is 50.0 Å². The first-order valence-electron chi connectivity index (χ1n) is 8.46. The number of aliphatic imine (C=N–C) groups is 1. The number of hydrogen-bond acceptors (Lipinski definition) is 3. The Bertz CT molecular complexity index is 647. The van der Waals surface area contributed by atoms with Gasteiger partial charge in [0.2, 0.25) is 11.8 Å². The number of rotatable bonds is 7. The summed E-state index contributed by atoms with van der Waals surface area (Å²) in [6.07, 6.45) is 0.123. The quantitative estimate of drug-likeness (QED) is 0.199. The van der Waals surface area contributed by atoms with Crippen molar-refractivity contribution in [1.29, 1.82) is 0 Å². The summed E-state index contributed by atoms with van der Waals surface area (Å²) < 4.78 is 13.1. The maximum Gasteiger partial charge on any atom is 0.239 e. The van der Waals surface area contributed by atoms with Crippen molar-refractivity contribution in [3.63, 3.8) is 0 Å². The topological polar surface area (TPSA) is 94.6 Å². The van der Waals surface area contributed by atoms with E-state index in [1.54, 1.807) is 19.2 Å². The molecule has 7 nitrogen and oxygen atoms in total. The van der Waals surface area contributed by atoms with Gasteiger partial charge in [-0.2, -0.15) is 0 Å². The molecule has 0 aromatic heterocycles. The zero-order valence-electron chi connectivity index (χ0n) is 16.2. The summed E-state index contributed by atoms with van der Waals surface area (Å²) in [6.45, 7) is 6.64. The average molecular weight is 493 g/mol. The highest BCUT2D eigenvalue weighted by atomic mass is 127. The second kappa shape index (κ2) is 12.5. The molecule has 0 aliphatic carbocycles. The van der Waals surface area contributed by atoms with Crippen LogP contribution in [0.25, 0.3) is 0 Å². The van der Waals surface area contributed by atoms with E-state index in [4.69, 9.17) is 0 Å². The third-order valence-corrected chi connectivity index (χ3v) is 3.15. The Labute approximate surface area is 177 Å². The van der Waals surface area contributed by atoms with Crippen molar-refractivity contribution in [1.82, 2.24) is 21.3 Å². The normalized spacial score (nSPS) is 11.2. The van der Waals surface area contributed by atoms with Crippen molar-refractivity contribution in [2.45, 2.75) is 32.7 Å². The van der Waals surface area contributed by atoms with Gasteiger partial charge in [0.05, 0.1) is 13.0 Å². The van der Waals surface area contributed by atoms with Crippen LogP contribution in [0, 0.1) is 5.82 Å². The first-order chi connectivity index (χ1) is 12.2. The lowest BCUT2D eigenvalue weighted by Crippen LogP contribution is -2.49. The van der Waals surface area contributed by atoms with Crippen LogP contribution in [0.3, 0.4) is 0 Å². The minimum Gasteiger partial charge on any atom is -0.355 e. The average Bonchev–Trinajstić information content (AvgIpc) is 2.52. The van der Waals surface area contributed by atoms with E-state index < -0.39 is 0 Å². The monoisotopic (exact) mass is 493 g/mol. The summed E-state index contributed by atoms with van der Waals surface area (Å²) in [7, 11) is 1.60. The van der Waals surface area contributed by atoms with Gasteiger partial charge >= 0.3 is 0 Å². The van der Waals surface area contributed by atoms with E-state index >= 15 is 0 Å². The lowest BCUT2D eigenvalue weighted by Gasteiger charge is -2.21. The van der Waals surface area contributed by atoms with Crippen LogP contribution in [0.4, 0.5) is 4.39 Å². The minimum absolute atomic E-state index is 0. The van der Waals surface area contributed by atoms with Crippen LogP contribution in [0.1, 0.15) is 26.3 Å². The standard InChI is InChI=1S/C18H28FN5O2.HI/c1-18(2,3)24-16(26)12-23-17(20-4)22-9-8-21-15(25)11-13-6-5-7-14(19)10-13;/h5-7,10H,8-9,11-12H2,1-4H3,(H,21,25)(H,24,26)(H2,20,22,23);1H. The highest BCUT2D eigenvalue weighted by Crippen LogP contribution is 2.03. The van der Waals surface area contributed by atoms with Crippen LogP contribution in [-0.2, 0) is 16.0 Å². The molecule has 0 spiro atoms. The Morgan fingerprint density at radius 2 is 1.74 bits per heavy atom. The van der Waals surface area contributed by atoms with Crippen molar-refractivity contribution >= 4 is 41.8 Å². The third kappa shape index (κ3) is 12.2. The molecule has 0 fully saturated rings. The van der Waals surface area contributed by atoms with Gasteiger partial charge in [0.1, 0.15) is 5.82 Å². The SMILES string of the molecule is CN=C(NCCNC(=O)Cc1cccc(F)c1)NCC(=O)NC(C)(C)C.I. The molecule has 0 aliphatic rings. The maximum atomic E-state index is 13.1. The fourth-order valence-corrected chi connectivity index (χ4v) is 2.12. The lowest BCUT2D eigenvalue weighted by atomic mass is 10.1. The number of nitrogens with one attached hydrogen (secondary N) is 4. The Balaban J connectivity index is 0.00000676. The van der Waals surface area contributed by atoms with Gasteiger partial charge < -0.3 is 21.3 Å². The molecule has 1 rings (SSSR count). The van der Waals surface area contributed by atoms with Crippen molar-refractivity contribution in [3.8, 4) is 0 Å². The highest BCUT2D eigenvalue weighted by molar-refractivity contribution is 14.0. The second-order valence-corrected chi connectivity index (χ2v) is 6.81. The molecule has 0 saturated carbocycles. The Kier molecular flexibility index (Phi) is 11.6. The van der Waals surface area contributed by atoms with Gasteiger partial charge in [-0.15, -0.1) is 24.0 Å². The van der Waals surface area contributed by atoms with E-state index in [2.05, 4.69) is 26.3 Å². The van der Waals surface area contributed by atoms with Crippen LogP contribution in [0.15, 0.2) is 29.3 Å². The molecule has 0 unspecified atom stereocenters. The lowest BCUT2D eigenvalue weighted by molar-refractivity contribution is -0.121. The number of halogens is 2. The number of amides is 2. The molecule has 152 valence electrons. The van der Waals surface area contributed by atoms with Crippen molar-refractivity contribution in [3.05, 3.63) is 35.6 Å². The first-order valence-corrected chi connectivity index (χ1v) is 8.46. The zero-order chi connectivity index (χ0) is 19.6. The predicted molar refractivity (Wildman–Crippen MR) is 116 cm³/mol. The van der Waals surface area contributed by atoms with E-state index in [0.29, 0.717) is 24.6 Å². The van der Waals surface area contributed by atoms with Gasteiger partial charge in [0, 0.05) is 25.7 Å². The Hall–Kier alpha value is -1.91. The maximum absolute atomic E-state index is 13.1. The summed E-state index contributed by atoms with van der Waals surface area (Å²) in [5, 5.41) is 11.5. The Morgan fingerprint density at radius 3 is 2.33 bits per heavy atom. The molecule has 0 heterocycles. The zero-order valence-corrected chi connectivity index (χ0v) is 18.5. The molecule has 0 aliphatic heterocycles. The molecular weight excluding hydrogens is 464 g/mol. The number of carbonyl (C=O) groups is 2. The summed E-state index contributed by atoms with van der Waals surface area (Å²) in [6, 6.07) is 5.96. The molecule has 0 saturated heterocycles. The van der Waals surface area contributed by atoms with E-state index in [9.17, 15) is 14.0 Å². The summed E-state index contributed by atoms with van der Waals surface area (Å²) >= 11 is 0. The van der Waals surface area contributed by atoms with E-state index in [-0.39, 0.29) is 60.1 Å². The van der Waals surface area contributed by atoms with Crippen LogP contribution in [0.2, 0.25) is 0 Å². The fourth-order valence-electron chi connectivity index (χ4n) is 2.12. The fraction of sp³-hybridized carbons (Fsp3) is 0.500. The van der Waals surface area contributed by atoms with Gasteiger partial charge in [0.25, 0.3) is 0 Å². The number of nitrogens with zero attached hydrogens (tertiary/aromatic N) is 1. The molecule has 0 radical (unpaired) electrons. The summed E-state index contributed by atoms with van der Waals surface area (Å²) in [5.74, 6) is -0.218. The summed E-state index contributed by atoms with van der Waals surface area (Å²) in [4.78, 5) is 27.6. The number of carbonyl (C=O) groups excluding carboxylic acids is 2. The van der Waals surface area contributed by atoms with Crippen molar-refractivity contribution in [2.24, 2.45) is 4.99 Å². The molecule has 9 heteroatoms. The predicted octanol–water partition coefficient (Wildman–Crippen LogP) is 1.18. The molecule has 1 aromatic carbocycles. The first kappa shape index (κ1) is 25.1. The van der Waals surface area contributed by atoms with Gasteiger partial charge in [-0.3, -0.25) is 14.6 Å². The third-order valence-electron chi connectivity index (χ3n) is 3.15. The van der Waals surface area contributed by atoms with Crippen LogP contribution in [0.5, 0.6) is 0 Å². The van der Waals surface area contributed by atoms with Gasteiger partial charge in [-0.05, 0) is 38.5 Å². The van der Waals surface area contributed by atoms with E-state index in [1.165, 1.54) is 12.1 Å². The number of benzene rings is 1. The molecular formula is C18H29FIN5O2. The number of guanidine groups is 1. The van der Waals surface area contributed by atoms with Crippen LogP contribution >= 0.6 is 24.0 Å². The van der Waals surface area contributed by atoms with Crippen LogP contribution < -0.4 is 21.3 Å². The summed E-state index contributed by atoms with van der Waals surface area (Å²) in [5.41, 5.74) is 0.333. The van der Waals surface area contributed by atoms with Gasteiger partial charge in [-0.1, -0.05) is 12.1 Å². The molecule has 1 aromatic rings. The van der Waals surface area contributed by atoms with Gasteiger partial charge in [-0.25, -0.2) is 4.39 Å². The van der Waals surface area contributed by atoms with Crippen molar-refractivity contribution < 1.29 is 14.0 Å². The number of hydrogen-bond donors (Lipinski definition) is 4. The van der Waals surface area contributed by atoms with E-state index in [1.807, 2.05) is 20.8 Å². The van der Waals surface area contributed by atoms with E-state index in [0.717, 1.165) is 0 Å². The molecule has 2 amide bonds. The molecule has 4 N–H and O–H groups in total. The molecule has 27 heavy (non-hydrogen) atoms. The molecule has 0 atom stereocenters. The molecule has 0 bridgehead atoms. The highest BCUT2D eigenvalue weighted by Gasteiger charge is 2.13.